The van der Waals surface area contributed by atoms with E-state index in [-0.39, 0.29) is 5.75 Å². The number of halogens is 1. The topological polar surface area (TPSA) is 46.2 Å². The van der Waals surface area contributed by atoms with Crippen LogP contribution in [0.4, 0.5) is 5.69 Å². The van der Waals surface area contributed by atoms with Crippen molar-refractivity contribution >= 4 is 38.3 Å². The van der Waals surface area contributed by atoms with Crippen LogP contribution < -0.4 is 4.72 Å². The molecular weight excluding hydrogens is 337 g/mol. The van der Waals surface area contributed by atoms with Gasteiger partial charge in [-0.1, -0.05) is 12.5 Å². The molecule has 0 saturated heterocycles. The van der Waals surface area contributed by atoms with Crippen molar-refractivity contribution in [3.63, 3.8) is 0 Å². The van der Waals surface area contributed by atoms with Gasteiger partial charge in [0, 0.05) is 9.26 Å². The molecule has 1 saturated carbocycles. The molecule has 1 aliphatic carbocycles. The smallest absolute Gasteiger partial charge is 0.232 e. The number of anilines is 1. The van der Waals surface area contributed by atoms with Crippen LogP contribution in [0.25, 0.3) is 0 Å². The standard InChI is InChI=1S/C11H14INO2S/c12-10-5-2-6-11(7-10)13-16(14,15)8-9-3-1-4-9/h2,5-7,9,13H,1,3-4,8H2. The lowest BCUT2D eigenvalue weighted by atomic mass is 9.87. The molecule has 0 bridgehead atoms. The van der Waals surface area contributed by atoms with Crippen molar-refractivity contribution in [3.05, 3.63) is 27.8 Å². The summed E-state index contributed by atoms with van der Waals surface area (Å²) in [6.45, 7) is 0. The lowest BCUT2D eigenvalue weighted by Gasteiger charge is -2.25. The highest BCUT2D eigenvalue weighted by Gasteiger charge is 2.24. The van der Waals surface area contributed by atoms with Crippen LogP contribution in [-0.2, 0) is 10.0 Å². The Bertz CT molecular complexity index is 469. The lowest BCUT2D eigenvalue weighted by Crippen LogP contribution is -2.26. The first-order valence-electron chi connectivity index (χ1n) is 5.31. The highest BCUT2D eigenvalue weighted by atomic mass is 127. The molecule has 1 aromatic rings. The van der Waals surface area contributed by atoms with Crippen LogP contribution in [0.3, 0.4) is 0 Å². The summed E-state index contributed by atoms with van der Waals surface area (Å²) in [6, 6.07) is 7.40. The van der Waals surface area contributed by atoms with Gasteiger partial charge < -0.3 is 0 Å². The van der Waals surface area contributed by atoms with Crippen LogP contribution in [0, 0.1) is 9.49 Å². The fourth-order valence-electron chi connectivity index (χ4n) is 1.74. The molecule has 0 aliphatic heterocycles. The second-order valence-electron chi connectivity index (χ2n) is 4.19. The lowest BCUT2D eigenvalue weighted by molar-refractivity contribution is 0.347. The predicted octanol–water partition coefficient (Wildman–Crippen LogP) is 2.83. The van der Waals surface area contributed by atoms with Gasteiger partial charge in [0.1, 0.15) is 0 Å². The van der Waals surface area contributed by atoms with Crippen molar-refractivity contribution in [2.75, 3.05) is 10.5 Å². The van der Waals surface area contributed by atoms with E-state index < -0.39 is 10.0 Å². The molecule has 1 aliphatic rings. The van der Waals surface area contributed by atoms with Crippen LogP contribution in [0.1, 0.15) is 19.3 Å². The number of hydrogen-bond donors (Lipinski definition) is 1. The molecule has 0 radical (unpaired) electrons. The molecular formula is C11H14INO2S. The Balaban J connectivity index is 2.02. The largest absolute Gasteiger partial charge is 0.284 e. The maximum atomic E-state index is 11.8. The maximum Gasteiger partial charge on any atom is 0.232 e. The minimum atomic E-state index is -3.16. The van der Waals surface area contributed by atoms with Crippen molar-refractivity contribution in [2.24, 2.45) is 5.92 Å². The van der Waals surface area contributed by atoms with Crippen molar-refractivity contribution in [1.82, 2.24) is 0 Å². The quantitative estimate of drug-likeness (QED) is 0.848. The van der Waals surface area contributed by atoms with Crippen LogP contribution in [0.5, 0.6) is 0 Å². The van der Waals surface area contributed by atoms with E-state index in [4.69, 9.17) is 0 Å². The van der Waals surface area contributed by atoms with E-state index in [9.17, 15) is 8.42 Å². The molecule has 88 valence electrons. The van der Waals surface area contributed by atoms with E-state index in [0.717, 1.165) is 16.4 Å². The minimum absolute atomic E-state index is 0.262. The van der Waals surface area contributed by atoms with Gasteiger partial charge in [-0.05, 0) is 59.5 Å². The number of benzene rings is 1. The summed E-state index contributed by atoms with van der Waals surface area (Å²) in [4.78, 5) is 0. The Labute approximate surface area is 110 Å². The van der Waals surface area contributed by atoms with Crippen LogP contribution >= 0.6 is 22.6 Å². The van der Waals surface area contributed by atoms with Crippen LogP contribution in [0.15, 0.2) is 24.3 Å². The predicted molar refractivity (Wildman–Crippen MR) is 73.9 cm³/mol. The van der Waals surface area contributed by atoms with Gasteiger partial charge in [0.15, 0.2) is 0 Å². The van der Waals surface area contributed by atoms with E-state index in [2.05, 4.69) is 27.3 Å². The minimum Gasteiger partial charge on any atom is -0.284 e. The summed E-state index contributed by atoms with van der Waals surface area (Å²) >= 11 is 2.17. The summed E-state index contributed by atoms with van der Waals surface area (Å²) in [5, 5.41) is 0. The molecule has 0 spiro atoms. The van der Waals surface area contributed by atoms with Crippen molar-refractivity contribution in [3.8, 4) is 0 Å². The van der Waals surface area contributed by atoms with E-state index in [1.165, 1.54) is 6.42 Å². The van der Waals surface area contributed by atoms with Crippen LogP contribution in [0.2, 0.25) is 0 Å². The third-order valence-corrected chi connectivity index (χ3v) is 4.91. The number of hydrogen-bond acceptors (Lipinski definition) is 2. The first-order valence-corrected chi connectivity index (χ1v) is 8.04. The van der Waals surface area contributed by atoms with Crippen molar-refractivity contribution < 1.29 is 8.42 Å². The second-order valence-corrected chi connectivity index (χ2v) is 7.20. The van der Waals surface area contributed by atoms with E-state index in [1.807, 2.05) is 18.2 Å². The fourth-order valence-corrected chi connectivity index (χ4v) is 3.81. The van der Waals surface area contributed by atoms with E-state index in [0.29, 0.717) is 11.6 Å². The van der Waals surface area contributed by atoms with Gasteiger partial charge in [-0.2, -0.15) is 0 Å². The number of sulfonamides is 1. The van der Waals surface area contributed by atoms with Gasteiger partial charge in [-0.3, -0.25) is 4.72 Å². The van der Waals surface area contributed by atoms with Gasteiger partial charge >= 0.3 is 0 Å². The van der Waals surface area contributed by atoms with Crippen molar-refractivity contribution in [2.45, 2.75) is 19.3 Å². The highest BCUT2D eigenvalue weighted by molar-refractivity contribution is 14.1. The third-order valence-electron chi connectivity index (χ3n) is 2.78. The molecule has 0 amide bonds. The zero-order valence-corrected chi connectivity index (χ0v) is 11.8. The fraction of sp³-hybridized carbons (Fsp3) is 0.455. The van der Waals surface area contributed by atoms with Crippen LogP contribution in [-0.4, -0.2) is 14.2 Å². The Kier molecular flexibility index (Phi) is 3.73. The summed E-state index contributed by atoms with van der Waals surface area (Å²) in [5.41, 5.74) is 0.659. The summed E-state index contributed by atoms with van der Waals surface area (Å²) in [7, 11) is -3.16. The summed E-state index contributed by atoms with van der Waals surface area (Å²) in [5.74, 6) is 0.624. The highest BCUT2D eigenvalue weighted by Crippen LogP contribution is 2.28. The van der Waals surface area contributed by atoms with Crippen molar-refractivity contribution in [1.29, 1.82) is 0 Å². The maximum absolute atomic E-state index is 11.8. The molecule has 0 atom stereocenters. The SMILES string of the molecule is O=S(=O)(CC1CCC1)Nc1cccc(I)c1. The Hall–Kier alpha value is -0.300. The molecule has 5 heteroatoms. The molecule has 0 aromatic heterocycles. The third kappa shape index (κ3) is 3.35. The first kappa shape index (κ1) is 12.2. The van der Waals surface area contributed by atoms with Gasteiger partial charge in [-0.15, -0.1) is 0 Å². The number of nitrogens with one attached hydrogen (secondary N) is 1. The molecule has 2 rings (SSSR count). The molecule has 0 heterocycles. The zero-order chi connectivity index (χ0) is 11.6. The summed E-state index contributed by atoms with van der Waals surface area (Å²) < 4.78 is 27.3. The average molecular weight is 351 g/mol. The zero-order valence-electron chi connectivity index (χ0n) is 8.82. The number of rotatable bonds is 4. The van der Waals surface area contributed by atoms with Gasteiger partial charge in [0.05, 0.1) is 5.75 Å². The Morgan fingerprint density at radius 1 is 1.38 bits per heavy atom. The van der Waals surface area contributed by atoms with E-state index >= 15 is 0 Å². The molecule has 0 unspecified atom stereocenters. The Morgan fingerprint density at radius 2 is 2.12 bits per heavy atom. The summed E-state index contributed by atoms with van der Waals surface area (Å²) in [6.07, 6.45) is 3.27. The average Bonchev–Trinajstić information content (AvgIpc) is 2.11. The molecule has 1 aromatic carbocycles. The van der Waals surface area contributed by atoms with Gasteiger partial charge in [0.2, 0.25) is 10.0 Å². The first-order chi connectivity index (χ1) is 7.55. The monoisotopic (exact) mass is 351 g/mol. The molecule has 1 N–H and O–H groups in total. The normalized spacial score (nSPS) is 16.8. The van der Waals surface area contributed by atoms with Gasteiger partial charge in [-0.25, -0.2) is 8.42 Å². The Morgan fingerprint density at radius 3 is 2.69 bits per heavy atom. The van der Waals surface area contributed by atoms with Gasteiger partial charge in [0.25, 0.3) is 0 Å². The van der Waals surface area contributed by atoms with E-state index in [1.54, 1.807) is 6.07 Å². The molecule has 1 fully saturated rings. The molecule has 16 heavy (non-hydrogen) atoms. The second kappa shape index (κ2) is 4.91. The molecule has 3 nitrogen and oxygen atoms in total.